The number of alkyl halides is 3. The molecule has 0 bridgehead atoms. The van der Waals surface area contributed by atoms with Crippen LogP contribution < -0.4 is 0 Å². The molecule has 0 aliphatic heterocycles. The second-order valence-corrected chi connectivity index (χ2v) is 12.0. The zero-order valence-electron chi connectivity index (χ0n) is 23.2. The molecule has 0 N–H and O–H groups in total. The van der Waals surface area contributed by atoms with Crippen LogP contribution in [-0.4, -0.2) is 6.18 Å². The highest BCUT2D eigenvalue weighted by Crippen LogP contribution is 2.39. The monoisotopic (exact) mass is 546 g/mol. The summed E-state index contributed by atoms with van der Waals surface area (Å²) >= 11 is 0. The van der Waals surface area contributed by atoms with E-state index in [1.54, 1.807) is 6.07 Å². The molecule has 214 valence electrons. The molecule has 0 unspecified atom stereocenters. The summed E-state index contributed by atoms with van der Waals surface area (Å²) in [4.78, 5) is 0. The first-order chi connectivity index (χ1) is 18.7. The smallest absolute Gasteiger partial charge is 0.212 e. The fourth-order valence-electron chi connectivity index (χ4n) is 6.71. The zero-order valence-corrected chi connectivity index (χ0v) is 23.2. The van der Waals surface area contributed by atoms with E-state index in [0.717, 1.165) is 23.5 Å². The lowest BCUT2D eigenvalue weighted by molar-refractivity contribution is -0.0821. The first kappa shape index (κ1) is 29.8. The first-order valence-corrected chi connectivity index (χ1v) is 15.1. The van der Waals surface area contributed by atoms with Gasteiger partial charge in [0.25, 0.3) is 0 Å². The van der Waals surface area contributed by atoms with E-state index >= 15 is 0 Å². The van der Waals surface area contributed by atoms with Crippen LogP contribution in [0.25, 0.3) is 11.1 Å². The Balaban J connectivity index is 1.25. The van der Waals surface area contributed by atoms with E-state index in [-0.39, 0.29) is 17.8 Å². The minimum atomic E-state index is -4.61. The van der Waals surface area contributed by atoms with Gasteiger partial charge in [0.1, 0.15) is 11.6 Å². The number of hydrogen-bond acceptors (Lipinski definition) is 0. The topological polar surface area (TPSA) is 0 Å². The largest absolute Gasteiger partial charge is 0.412 e. The third kappa shape index (κ3) is 8.91. The van der Waals surface area contributed by atoms with Crippen LogP contribution in [0.2, 0.25) is 0 Å². The highest BCUT2D eigenvalue weighted by atomic mass is 19.4. The van der Waals surface area contributed by atoms with Gasteiger partial charge in [0.15, 0.2) is 0 Å². The molecule has 2 aromatic carbocycles. The summed E-state index contributed by atoms with van der Waals surface area (Å²) < 4.78 is 66.1. The van der Waals surface area contributed by atoms with Gasteiger partial charge >= 0.3 is 6.18 Å². The average Bonchev–Trinajstić information content (AvgIpc) is 2.92. The summed E-state index contributed by atoms with van der Waals surface area (Å²) in [5, 5.41) is 0. The molecule has 2 aliphatic rings. The van der Waals surface area contributed by atoms with Crippen LogP contribution in [0, 0.1) is 23.6 Å². The van der Waals surface area contributed by atoms with Crippen molar-refractivity contribution in [1.29, 1.82) is 0 Å². The van der Waals surface area contributed by atoms with E-state index in [0.29, 0.717) is 43.6 Å². The Hall–Kier alpha value is -2.17. The zero-order chi connectivity index (χ0) is 27.8. The molecule has 0 heterocycles. The van der Waals surface area contributed by atoms with Crippen molar-refractivity contribution in [1.82, 2.24) is 0 Å². The number of allylic oxidation sites excluding steroid dienone is 2. The average molecular weight is 547 g/mol. The Morgan fingerprint density at radius 1 is 0.795 bits per heavy atom. The van der Waals surface area contributed by atoms with Gasteiger partial charge in [-0.1, -0.05) is 69.0 Å². The predicted octanol–water partition coefficient (Wildman–Crippen LogP) is 11.5. The SMILES string of the molecule is CCCCCC1CCC(c2ccc(-c3ccc(CCC4CCC(C(F)=CC(F)(F)F)CC4)c(F)c3)cc2)CC1. The van der Waals surface area contributed by atoms with E-state index in [4.69, 9.17) is 0 Å². The van der Waals surface area contributed by atoms with Crippen molar-refractivity contribution < 1.29 is 22.0 Å². The molecule has 0 nitrogen and oxygen atoms in total. The third-order valence-corrected chi connectivity index (χ3v) is 9.19. The number of unbranched alkanes of at least 4 members (excludes halogenated alkanes) is 2. The van der Waals surface area contributed by atoms with Gasteiger partial charge in [-0.3, -0.25) is 0 Å². The van der Waals surface area contributed by atoms with Crippen molar-refractivity contribution in [3.63, 3.8) is 0 Å². The number of hydrogen-bond donors (Lipinski definition) is 0. The number of benzene rings is 2. The van der Waals surface area contributed by atoms with Crippen LogP contribution in [-0.2, 0) is 6.42 Å². The molecule has 0 radical (unpaired) electrons. The van der Waals surface area contributed by atoms with Gasteiger partial charge in [0.05, 0.1) is 6.08 Å². The third-order valence-electron chi connectivity index (χ3n) is 9.19. The van der Waals surface area contributed by atoms with E-state index in [1.807, 2.05) is 12.1 Å². The maximum atomic E-state index is 15.0. The van der Waals surface area contributed by atoms with Crippen LogP contribution in [0.15, 0.2) is 54.4 Å². The second kappa shape index (κ2) is 13.9. The normalized spacial score (nSPS) is 24.6. The van der Waals surface area contributed by atoms with Crippen molar-refractivity contribution in [2.24, 2.45) is 17.8 Å². The van der Waals surface area contributed by atoms with Gasteiger partial charge in [-0.15, -0.1) is 0 Å². The summed E-state index contributed by atoms with van der Waals surface area (Å²) in [7, 11) is 0. The maximum absolute atomic E-state index is 15.0. The minimum Gasteiger partial charge on any atom is -0.212 e. The van der Waals surface area contributed by atoms with Crippen molar-refractivity contribution in [2.45, 2.75) is 109 Å². The summed E-state index contributed by atoms with van der Waals surface area (Å²) in [5.74, 6) is -0.0970. The molecule has 2 saturated carbocycles. The Morgan fingerprint density at radius 3 is 2.03 bits per heavy atom. The Labute approximate surface area is 231 Å². The van der Waals surface area contributed by atoms with Gasteiger partial charge in [-0.2, -0.15) is 13.2 Å². The lowest BCUT2D eigenvalue weighted by atomic mass is 9.77. The van der Waals surface area contributed by atoms with Crippen LogP contribution in [0.1, 0.15) is 107 Å². The second-order valence-electron chi connectivity index (χ2n) is 12.0. The Kier molecular flexibility index (Phi) is 10.7. The maximum Gasteiger partial charge on any atom is 0.412 e. The lowest BCUT2D eigenvalue weighted by Gasteiger charge is -2.29. The number of halogens is 5. The van der Waals surface area contributed by atoms with E-state index in [2.05, 4.69) is 31.2 Å². The van der Waals surface area contributed by atoms with Crippen molar-refractivity contribution in [2.75, 3.05) is 0 Å². The molecule has 2 aliphatic carbocycles. The minimum absolute atomic E-state index is 0.205. The van der Waals surface area contributed by atoms with Crippen molar-refractivity contribution in [3.8, 4) is 11.1 Å². The number of rotatable bonds is 10. The molecule has 4 rings (SSSR count). The van der Waals surface area contributed by atoms with Crippen LogP contribution in [0.3, 0.4) is 0 Å². The first-order valence-electron chi connectivity index (χ1n) is 15.1. The molecule has 2 fully saturated rings. The molecule has 39 heavy (non-hydrogen) atoms. The van der Waals surface area contributed by atoms with Crippen molar-refractivity contribution in [3.05, 3.63) is 71.3 Å². The highest BCUT2D eigenvalue weighted by Gasteiger charge is 2.30. The number of aryl methyl sites for hydroxylation is 1. The van der Waals surface area contributed by atoms with Crippen molar-refractivity contribution >= 4 is 0 Å². The summed E-state index contributed by atoms with van der Waals surface area (Å²) in [5.41, 5.74) is 3.95. The fourth-order valence-corrected chi connectivity index (χ4v) is 6.71. The van der Waals surface area contributed by atoms with E-state index in [1.165, 1.54) is 56.9 Å². The van der Waals surface area contributed by atoms with Crippen LogP contribution in [0.5, 0.6) is 0 Å². The van der Waals surface area contributed by atoms with Gasteiger partial charge in [0.2, 0.25) is 0 Å². The summed E-state index contributed by atoms with van der Waals surface area (Å²) in [6.45, 7) is 2.26. The molecular formula is C34H43F5. The van der Waals surface area contributed by atoms with Gasteiger partial charge in [-0.05, 0) is 110 Å². The molecule has 0 amide bonds. The summed E-state index contributed by atoms with van der Waals surface area (Å²) in [6.07, 6.45) is 9.29. The van der Waals surface area contributed by atoms with Gasteiger partial charge in [0, 0.05) is 5.92 Å². The molecule has 0 atom stereocenters. The lowest BCUT2D eigenvalue weighted by Crippen LogP contribution is -2.17. The molecule has 2 aromatic rings. The highest BCUT2D eigenvalue weighted by molar-refractivity contribution is 5.64. The molecule has 5 heteroatoms. The van der Waals surface area contributed by atoms with Crippen LogP contribution in [0.4, 0.5) is 22.0 Å². The molecular weight excluding hydrogens is 503 g/mol. The molecule has 0 saturated heterocycles. The van der Waals surface area contributed by atoms with Crippen LogP contribution >= 0.6 is 0 Å². The Morgan fingerprint density at radius 2 is 1.41 bits per heavy atom. The van der Waals surface area contributed by atoms with Gasteiger partial charge in [-0.25, -0.2) is 8.78 Å². The molecule has 0 aromatic heterocycles. The van der Waals surface area contributed by atoms with E-state index in [9.17, 15) is 22.0 Å². The fraction of sp³-hybridized carbons (Fsp3) is 0.588. The van der Waals surface area contributed by atoms with Gasteiger partial charge < -0.3 is 0 Å². The Bertz CT molecular complexity index is 1050. The standard InChI is InChI=1S/C34H43F5/c1-2-3-4-5-24-6-11-26(12-7-24)27-16-18-28(19-17-27)31-21-20-29(32(35)22-31)13-8-25-9-14-30(15-10-25)33(36)23-34(37,38)39/h16-26,30H,2-15H2,1H3. The van der Waals surface area contributed by atoms with E-state index < -0.39 is 17.9 Å². The molecule has 0 spiro atoms. The summed E-state index contributed by atoms with van der Waals surface area (Å²) in [6, 6.07) is 14.1. The quantitative estimate of drug-likeness (QED) is 0.205. The predicted molar refractivity (Wildman–Crippen MR) is 150 cm³/mol.